The molecule has 0 aromatic heterocycles. The molecule has 1 aliphatic rings. The number of rotatable bonds is 4. The number of hydrogen-bond donors (Lipinski definition) is 1. The third kappa shape index (κ3) is 2.15. The predicted octanol–water partition coefficient (Wildman–Crippen LogP) is 2.67. The van der Waals surface area contributed by atoms with Crippen LogP contribution in [0.5, 0.6) is 11.5 Å². The van der Waals surface area contributed by atoms with E-state index in [1.165, 1.54) is 0 Å². The zero-order valence-electron chi connectivity index (χ0n) is 10.7. The Labute approximate surface area is 107 Å². The van der Waals surface area contributed by atoms with Crippen LogP contribution in [-0.4, -0.2) is 25.3 Å². The molecule has 2 rings (SSSR count). The van der Waals surface area contributed by atoms with Crippen molar-refractivity contribution >= 4 is 5.97 Å². The lowest BCUT2D eigenvalue weighted by atomic mass is 9.87. The van der Waals surface area contributed by atoms with Crippen molar-refractivity contribution in [1.29, 1.82) is 0 Å². The number of benzene rings is 1. The Morgan fingerprint density at radius 1 is 1.22 bits per heavy atom. The number of carboxylic acid groups (broad SMARTS) is 1. The fourth-order valence-electron chi connectivity index (χ4n) is 2.85. The molecule has 2 atom stereocenters. The van der Waals surface area contributed by atoms with Gasteiger partial charge in [0.1, 0.15) is 11.5 Å². The Morgan fingerprint density at radius 2 is 1.83 bits per heavy atom. The van der Waals surface area contributed by atoms with Crippen LogP contribution < -0.4 is 9.47 Å². The first-order valence-corrected chi connectivity index (χ1v) is 6.12. The van der Waals surface area contributed by atoms with Crippen LogP contribution in [0.4, 0.5) is 0 Å². The Bertz CT molecular complexity index is 419. The van der Waals surface area contributed by atoms with Gasteiger partial charge < -0.3 is 14.6 Å². The van der Waals surface area contributed by atoms with Crippen LogP contribution >= 0.6 is 0 Å². The van der Waals surface area contributed by atoms with Gasteiger partial charge >= 0.3 is 5.97 Å². The van der Waals surface area contributed by atoms with Crippen LogP contribution in [0, 0.1) is 5.92 Å². The maximum Gasteiger partial charge on any atom is 0.307 e. The lowest BCUT2D eigenvalue weighted by Gasteiger charge is -2.21. The van der Waals surface area contributed by atoms with Gasteiger partial charge in [0, 0.05) is 11.5 Å². The summed E-state index contributed by atoms with van der Waals surface area (Å²) in [4.78, 5) is 11.3. The summed E-state index contributed by atoms with van der Waals surface area (Å²) in [6.07, 6.45) is 2.53. The van der Waals surface area contributed by atoms with Gasteiger partial charge in [-0.25, -0.2) is 0 Å². The van der Waals surface area contributed by atoms with Gasteiger partial charge in [-0.2, -0.15) is 0 Å². The molecule has 1 N–H and O–H groups in total. The normalized spacial score (nSPS) is 22.8. The molecule has 1 aliphatic carbocycles. The minimum absolute atomic E-state index is 0.0198. The van der Waals surface area contributed by atoms with Crippen LogP contribution in [0.2, 0.25) is 0 Å². The highest BCUT2D eigenvalue weighted by Gasteiger charge is 2.37. The molecular formula is C14H18O4. The summed E-state index contributed by atoms with van der Waals surface area (Å²) in [6, 6.07) is 5.57. The van der Waals surface area contributed by atoms with Gasteiger partial charge in [-0.1, -0.05) is 12.5 Å². The topological polar surface area (TPSA) is 55.8 Å². The molecule has 1 aromatic carbocycles. The number of aliphatic carboxylic acids is 1. The van der Waals surface area contributed by atoms with Crippen LogP contribution in [0.1, 0.15) is 30.7 Å². The molecule has 0 bridgehead atoms. The molecule has 1 saturated carbocycles. The molecule has 1 aromatic rings. The molecule has 0 spiro atoms. The van der Waals surface area contributed by atoms with E-state index in [2.05, 4.69) is 0 Å². The van der Waals surface area contributed by atoms with Crippen LogP contribution in [-0.2, 0) is 4.79 Å². The molecule has 1 fully saturated rings. The van der Waals surface area contributed by atoms with E-state index < -0.39 is 5.97 Å². The number of methoxy groups -OCH3 is 2. The van der Waals surface area contributed by atoms with Gasteiger partial charge in [0.05, 0.1) is 20.1 Å². The summed E-state index contributed by atoms with van der Waals surface area (Å²) < 4.78 is 10.7. The molecule has 4 nitrogen and oxygen atoms in total. The summed E-state index contributed by atoms with van der Waals surface area (Å²) in [5.41, 5.74) is 0.896. The number of hydrogen-bond acceptors (Lipinski definition) is 3. The first-order valence-electron chi connectivity index (χ1n) is 6.12. The molecule has 4 heteroatoms. The van der Waals surface area contributed by atoms with Crippen molar-refractivity contribution in [2.75, 3.05) is 14.2 Å². The van der Waals surface area contributed by atoms with E-state index in [9.17, 15) is 9.90 Å². The maximum atomic E-state index is 11.3. The Morgan fingerprint density at radius 3 is 2.33 bits per heavy atom. The molecule has 0 heterocycles. The van der Waals surface area contributed by atoms with Crippen LogP contribution in [0.25, 0.3) is 0 Å². The van der Waals surface area contributed by atoms with Gasteiger partial charge in [-0.15, -0.1) is 0 Å². The minimum Gasteiger partial charge on any atom is -0.496 e. The Hall–Kier alpha value is -1.71. The zero-order valence-corrected chi connectivity index (χ0v) is 10.7. The number of carboxylic acids is 1. The SMILES string of the molecule is COc1cccc(OC)c1C1CCCC1C(=O)O. The lowest BCUT2D eigenvalue weighted by molar-refractivity contribution is -0.142. The largest absolute Gasteiger partial charge is 0.496 e. The standard InChI is InChI=1S/C14H18O4/c1-17-11-7-4-8-12(18-2)13(11)9-5-3-6-10(9)14(15)16/h4,7-10H,3,5-6H2,1-2H3,(H,15,16). The smallest absolute Gasteiger partial charge is 0.307 e. The summed E-state index contributed by atoms with van der Waals surface area (Å²) >= 11 is 0. The van der Waals surface area contributed by atoms with Gasteiger partial charge in [-0.05, 0) is 25.0 Å². The minimum atomic E-state index is -0.731. The van der Waals surface area contributed by atoms with Crippen molar-refractivity contribution in [3.63, 3.8) is 0 Å². The second-order valence-electron chi connectivity index (χ2n) is 4.56. The van der Waals surface area contributed by atoms with E-state index in [0.29, 0.717) is 11.5 Å². The highest BCUT2D eigenvalue weighted by molar-refractivity contribution is 5.72. The third-order valence-corrected chi connectivity index (χ3v) is 3.67. The quantitative estimate of drug-likeness (QED) is 0.892. The molecular weight excluding hydrogens is 232 g/mol. The first kappa shape index (κ1) is 12.7. The fraction of sp³-hybridized carbons (Fsp3) is 0.500. The fourth-order valence-corrected chi connectivity index (χ4v) is 2.85. The van der Waals surface area contributed by atoms with Crippen molar-refractivity contribution in [2.24, 2.45) is 5.92 Å². The van der Waals surface area contributed by atoms with Gasteiger partial charge in [0.15, 0.2) is 0 Å². The number of ether oxygens (including phenoxy) is 2. The predicted molar refractivity (Wildman–Crippen MR) is 67.3 cm³/mol. The molecule has 18 heavy (non-hydrogen) atoms. The molecule has 2 unspecified atom stereocenters. The van der Waals surface area contributed by atoms with Crippen LogP contribution in [0.15, 0.2) is 18.2 Å². The molecule has 98 valence electrons. The van der Waals surface area contributed by atoms with E-state index >= 15 is 0 Å². The number of carbonyl (C=O) groups is 1. The average molecular weight is 250 g/mol. The van der Waals surface area contributed by atoms with Gasteiger partial charge in [0.25, 0.3) is 0 Å². The van der Waals surface area contributed by atoms with Crippen molar-refractivity contribution in [3.05, 3.63) is 23.8 Å². The highest BCUT2D eigenvalue weighted by Crippen LogP contribution is 2.46. The van der Waals surface area contributed by atoms with Gasteiger partial charge in [-0.3, -0.25) is 4.79 Å². The van der Waals surface area contributed by atoms with Crippen molar-refractivity contribution < 1.29 is 19.4 Å². The molecule has 0 radical (unpaired) electrons. The summed E-state index contributed by atoms with van der Waals surface area (Å²) in [5, 5.41) is 9.29. The van der Waals surface area contributed by atoms with Crippen molar-refractivity contribution in [1.82, 2.24) is 0 Å². The molecule has 0 amide bonds. The van der Waals surface area contributed by atoms with E-state index in [0.717, 1.165) is 24.8 Å². The van der Waals surface area contributed by atoms with Crippen molar-refractivity contribution in [2.45, 2.75) is 25.2 Å². The Balaban J connectivity index is 2.45. The second kappa shape index (κ2) is 5.29. The average Bonchev–Trinajstić information content (AvgIpc) is 2.86. The maximum absolute atomic E-state index is 11.3. The van der Waals surface area contributed by atoms with E-state index in [-0.39, 0.29) is 11.8 Å². The van der Waals surface area contributed by atoms with E-state index in [1.807, 2.05) is 18.2 Å². The molecule has 0 saturated heterocycles. The highest BCUT2D eigenvalue weighted by atomic mass is 16.5. The van der Waals surface area contributed by atoms with Crippen LogP contribution in [0.3, 0.4) is 0 Å². The zero-order chi connectivity index (χ0) is 13.1. The monoisotopic (exact) mass is 250 g/mol. The molecule has 0 aliphatic heterocycles. The Kier molecular flexibility index (Phi) is 3.75. The second-order valence-corrected chi connectivity index (χ2v) is 4.56. The summed E-state index contributed by atoms with van der Waals surface area (Å²) in [6.45, 7) is 0. The summed E-state index contributed by atoms with van der Waals surface area (Å²) in [7, 11) is 3.20. The van der Waals surface area contributed by atoms with Gasteiger partial charge in [0.2, 0.25) is 0 Å². The van der Waals surface area contributed by atoms with E-state index in [4.69, 9.17) is 9.47 Å². The third-order valence-electron chi connectivity index (χ3n) is 3.67. The van der Waals surface area contributed by atoms with E-state index in [1.54, 1.807) is 14.2 Å². The first-order chi connectivity index (χ1) is 8.69. The lowest BCUT2D eigenvalue weighted by Crippen LogP contribution is -2.18. The summed E-state index contributed by atoms with van der Waals surface area (Å²) in [5.74, 6) is 0.342. The van der Waals surface area contributed by atoms with Crippen molar-refractivity contribution in [3.8, 4) is 11.5 Å².